The molecule has 20 heavy (non-hydrogen) atoms. The molecule has 0 atom stereocenters. The molecule has 2 nitrogen and oxygen atoms in total. The molecule has 102 valence electrons. The summed E-state index contributed by atoms with van der Waals surface area (Å²) < 4.78 is 0. The first-order valence-corrected chi connectivity index (χ1v) is 7.25. The molecule has 2 aromatic carbocycles. The summed E-state index contributed by atoms with van der Waals surface area (Å²) >= 11 is 0. The Balaban J connectivity index is 1.71. The van der Waals surface area contributed by atoms with Crippen molar-refractivity contribution < 1.29 is 4.79 Å². The first kappa shape index (κ1) is 12.9. The lowest BCUT2D eigenvalue weighted by atomic mass is 9.77. The number of carbonyl (C=O) groups excluding carboxylic acids is 1. The number of benzene rings is 2. The van der Waals surface area contributed by atoms with Crippen LogP contribution in [0.3, 0.4) is 0 Å². The number of para-hydroxylation sites is 1. The van der Waals surface area contributed by atoms with Crippen molar-refractivity contribution in [1.29, 1.82) is 0 Å². The highest BCUT2D eigenvalue weighted by atomic mass is 16.1. The molecule has 0 aliphatic heterocycles. The first-order chi connectivity index (χ1) is 9.84. The molecule has 1 N–H and O–H groups in total. The third kappa shape index (κ3) is 2.74. The van der Waals surface area contributed by atoms with Gasteiger partial charge in [-0.3, -0.25) is 4.79 Å². The van der Waals surface area contributed by atoms with E-state index in [-0.39, 0.29) is 5.78 Å². The van der Waals surface area contributed by atoms with Crippen LogP contribution in [-0.4, -0.2) is 12.3 Å². The van der Waals surface area contributed by atoms with Crippen LogP contribution < -0.4 is 5.32 Å². The van der Waals surface area contributed by atoms with Crippen LogP contribution in [-0.2, 0) is 0 Å². The molecule has 2 aromatic rings. The van der Waals surface area contributed by atoms with Gasteiger partial charge in [-0.1, -0.05) is 48.9 Å². The van der Waals surface area contributed by atoms with Gasteiger partial charge in [0.1, 0.15) is 0 Å². The quantitative estimate of drug-likeness (QED) is 0.819. The Morgan fingerprint density at radius 1 is 1.00 bits per heavy atom. The second-order valence-electron chi connectivity index (χ2n) is 5.36. The number of Topliss-reactive ketones (excluding diaryl/α,β-unsaturated/α-hetero) is 1. The molecule has 0 aromatic heterocycles. The number of hydrogen-bond donors (Lipinski definition) is 1. The zero-order valence-corrected chi connectivity index (χ0v) is 11.5. The Labute approximate surface area is 119 Å². The predicted molar refractivity (Wildman–Crippen MR) is 82.3 cm³/mol. The standard InChI is InChI=1S/C18H19NO/c20-18(13-19-15-9-2-1-3-10-15)17-12-5-4-11-16(17)14-7-6-8-14/h1-5,9-12,14,19H,6-8,13H2. The van der Waals surface area contributed by atoms with E-state index in [2.05, 4.69) is 11.4 Å². The maximum absolute atomic E-state index is 12.4. The highest BCUT2D eigenvalue weighted by Gasteiger charge is 2.23. The Morgan fingerprint density at radius 2 is 1.70 bits per heavy atom. The lowest BCUT2D eigenvalue weighted by Gasteiger charge is -2.27. The van der Waals surface area contributed by atoms with Crippen LogP contribution in [0.15, 0.2) is 54.6 Å². The minimum atomic E-state index is 0.177. The highest BCUT2D eigenvalue weighted by Crippen LogP contribution is 2.37. The summed E-state index contributed by atoms with van der Waals surface area (Å²) in [6, 6.07) is 17.9. The molecule has 3 rings (SSSR count). The minimum Gasteiger partial charge on any atom is -0.378 e. The average molecular weight is 265 g/mol. The van der Waals surface area contributed by atoms with Gasteiger partial charge in [0.15, 0.2) is 5.78 Å². The number of nitrogens with one attached hydrogen (secondary N) is 1. The summed E-state index contributed by atoms with van der Waals surface area (Å²) in [5.74, 6) is 0.767. The van der Waals surface area contributed by atoms with Gasteiger partial charge in [0.25, 0.3) is 0 Å². The van der Waals surface area contributed by atoms with Crippen LogP contribution in [0.5, 0.6) is 0 Å². The highest BCUT2D eigenvalue weighted by molar-refractivity contribution is 6.00. The van der Waals surface area contributed by atoms with Crippen LogP contribution in [0, 0.1) is 0 Å². The molecule has 2 heteroatoms. The summed E-state index contributed by atoms with van der Waals surface area (Å²) in [4.78, 5) is 12.4. The number of carbonyl (C=O) groups is 1. The second kappa shape index (κ2) is 5.91. The Bertz CT molecular complexity index is 587. The molecule has 0 radical (unpaired) electrons. The zero-order valence-electron chi connectivity index (χ0n) is 11.5. The van der Waals surface area contributed by atoms with E-state index in [9.17, 15) is 4.79 Å². The lowest BCUT2D eigenvalue weighted by molar-refractivity contribution is 0.100. The summed E-state index contributed by atoms with van der Waals surface area (Å²) in [5, 5.41) is 3.20. The van der Waals surface area contributed by atoms with E-state index in [0.717, 1.165) is 11.3 Å². The molecule has 0 heterocycles. The van der Waals surface area contributed by atoms with E-state index in [1.165, 1.54) is 24.8 Å². The third-order valence-corrected chi connectivity index (χ3v) is 4.03. The largest absolute Gasteiger partial charge is 0.378 e. The van der Waals surface area contributed by atoms with Crippen LogP contribution in [0.4, 0.5) is 5.69 Å². The van der Waals surface area contributed by atoms with Gasteiger partial charge in [0.05, 0.1) is 6.54 Å². The smallest absolute Gasteiger partial charge is 0.182 e. The maximum atomic E-state index is 12.4. The van der Waals surface area contributed by atoms with Gasteiger partial charge in [-0.05, 0) is 36.5 Å². The number of hydrogen-bond acceptors (Lipinski definition) is 2. The van der Waals surface area contributed by atoms with Gasteiger partial charge in [-0.2, -0.15) is 0 Å². The van der Waals surface area contributed by atoms with Gasteiger partial charge >= 0.3 is 0 Å². The van der Waals surface area contributed by atoms with Gasteiger partial charge in [-0.25, -0.2) is 0 Å². The van der Waals surface area contributed by atoms with E-state index in [1.807, 2.05) is 48.5 Å². The van der Waals surface area contributed by atoms with Crippen molar-refractivity contribution in [2.24, 2.45) is 0 Å². The lowest BCUT2D eigenvalue weighted by Crippen LogP contribution is -2.19. The fourth-order valence-electron chi connectivity index (χ4n) is 2.66. The molecular formula is C18H19NO. The fourth-order valence-corrected chi connectivity index (χ4v) is 2.66. The van der Waals surface area contributed by atoms with Gasteiger partial charge in [0, 0.05) is 11.3 Å². The topological polar surface area (TPSA) is 29.1 Å². The molecule has 0 bridgehead atoms. The molecule has 1 saturated carbocycles. The van der Waals surface area contributed by atoms with Crippen molar-refractivity contribution >= 4 is 11.5 Å². The Hall–Kier alpha value is -2.09. The van der Waals surface area contributed by atoms with Crippen molar-refractivity contribution in [1.82, 2.24) is 0 Å². The molecule has 1 aliphatic carbocycles. The molecule has 1 fully saturated rings. The van der Waals surface area contributed by atoms with E-state index in [0.29, 0.717) is 12.5 Å². The number of ketones is 1. The Kier molecular flexibility index (Phi) is 3.82. The van der Waals surface area contributed by atoms with Gasteiger partial charge in [-0.15, -0.1) is 0 Å². The van der Waals surface area contributed by atoms with Crippen molar-refractivity contribution in [3.8, 4) is 0 Å². The van der Waals surface area contributed by atoms with Gasteiger partial charge in [0.2, 0.25) is 0 Å². The average Bonchev–Trinajstić information content (AvgIpc) is 2.45. The monoisotopic (exact) mass is 265 g/mol. The van der Waals surface area contributed by atoms with Crippen molar-refractivity contribution in [3.63, 3.8) is 0 Å². The molecule has 0 spiro atoms. The van der Waals surface area contributed by atoms with Crippen LogP contribution in [0.25, 0.3) is 0 Å². The summed E-state index contributed by atoms with van der Waals surface area (Å²) in [5.41, 5.74) is 3.11. The summed E-state index contributed by atoms with van der Waals surface area (Å²) in [7, 11) is 0. The second-order valence-corrected chi connectivity index (χ2v) is 5.36. The molecule has 0 amide bonds. The molecule has 1 aliphatic rings. The van der Waals surface area contributed by atoms with Crippen molar-refractivity contribution in [2.75, 3.05) is 11.9 Å². The molecular weight excluding hydrogens is 246 g/mol. The Morgan fingerprint density at radius 3 is 2.40 bits per heavy atom. The third-order valence-electron chi connectivity index (χ3n) is 4.03. The van der Waals surface area contributed by atoms with Crippen LogP contribution >= 0.6 is 0 Å². The van der Waals surface area contributed by atoms with E-state index >= 15 is 0 Å². The summed E-state index contributed by atoms with van der Waals surface area (Å²) in [6.45, 7) is 0.355. The van der Waals surface area contributed by atoms with E-state index < -0.39 is 0 Å². The van der Waals surface area contributed by atoms with Crippen molar-refractivity contribution in [2.45, 2.75) is 25.2 Å². The number of rotatable bonds is 5. The zero-order chi connectivity index (χ0) is 13.8. The van der Waals surface area contributed by atoms with Crippen molar-refractivity contribution in [3.05, 3.63) is 65.7 Å². The van der Waals surface area contributed by atoms with E-state index in [1.54, 1.807) is 0 Å². The number of anilines is 1. The van der Waals surface area contributed by atoms with Crippen LogP contribution in [0.1, 0.15) is 41.1 Å². The first-order valence-electron chi connectivity index (χ1n) is 7.25. The van der Waals surface area contributed by atoms with E-state index in [4.69, 9.17) is 0 Å². The predicted octanol–water partition coefficient (Wildman–Crippen LogP) is 4.25. The normalized spacial score (nSPS) is 14.6. The SMILES string of the molecule is O=C(CNc1ccccc1)c1ccccc1C1CCC1. The van der Waals surface area contributed by atoms with Gasteiger partial charge < -0.3 is 5.32 Å². The fraction of sp³-hybridized carbons (Fsp3) is 0.278. The maximum Gasteiger partial charge on any atom is 0.182 e. The summed E-state index contributed by atoms with van der Waals surface area (Å²) in [6.07, 6.45) is 3.72. The minimum absolute atomic E-state index is 0.177. The molecule has 0 saturated heterocycles. The van der Waals surface area contributed by atoms with Crippen LogP contribution in [0.2, 0.25) is 0 Å². The molecule has 0 unspecified atom stereocenters.